The highest BCUT2D eigenvalue weighted by Gasteiger charge is 2.17. The first kappa shape index (κ1) is 12.4. The van der Waals surface area contributed by atoms with Crippen molar-refractivity contribution in [3.63, 3.8) is 0 Å². The van der Waals surface area contributed by atoms with Gasteiger partial charge in [-0.2, -0.15) is 0 Å². The largest absolute Gasteiger partial charge is 0.374 e. The van der Waals surface area contributed by atoms with E-state index in [-0.39, 0.29) is 0 Å². The molecule has 0 aliphatic carbocycles. The number of amidine groups is 1. The minimum atomic E-state index is -0.453. The number of hydrogen-bond acceptors (Lipinski definition) is 2. The Balaban J connectivity index is 4.50. The number of rotatable bonds is 4. The number of nitrogens with zero attached hydrogens (tertiary/aromatic N) is 2. The van der Waals surface area contributed by atoms with E-state index in [1.807, 2.05) is 18.7 Å². The molecular weight excluding hydrogens is 164 g/mol. The van der Waals surface area contributed by atoms with Gasteiger partial charge >= 0.3 is 0 Å². The van der Waals surface area contributed by atoms with Crippen LogP contribution in [0.5, 0.6) is 0 Å². The molecule has 0 aromatic heterocycles. The normalized spacial score (nSPS) is 16.9. The maximum atomic E-state index is 9.56. The van der Waals surface area contributed by atoms with Gasteiger partial charge in [-0.25, -0.2) is 0 Å². The smallest absolute Gasteiger partial charge is 0.125 e. The standard InChI is InChI=1S/C10H22N2O/c1-6-8(3)12(10(5)13)9(4)11-7-2/h8,10,13H,6-7H2,1-5H3. The Kier molecular flexibility index (Phi) is 5.71. The second-order valence-electron chi connectivity index (χ2n) is 3.32. The molecule has 0 amide bonds. The number of aliphatic imine (C=N–C) groups is 1. The highest BCUT2D eigenvalue weighted by molar-refractivity contribution is 5.80. The first-order valence-electron chi connectivity index (χ1n) is 5.02. The van der Waals surface area contributed by atoms with Crippen LogP contribution < -0.4 is 0 Å². The van der Waals surface area contributed by atoms with Crippen molar-refractivity contribution < 1.29 is 5.11 Å². The summed E-state index contributed by atoms with van der Waals surface area (Å²) in [6, 6.07) is 0.343. The Morgan fingerprint density at radius 1 is 1.38 bits per heavy atom. The molecule has 2 atom stereocenters. The molecule has 0 radical (unpaired) electrons. The summed E-state index contributed by atoms with van der Waals surface area (Å²) in [5, 5.41) is 9.56. The lowest BCUT2D eigenvalue weighted by Crippen LogP contribution is -2.43. The van der Waals surface area contributed by atoms with Crippen LogP contribution in [0.2, 0.25) is 0 Å². The van der Waals surface area contributed by atoms with Crippen LogP contribution in [-0.4, -0.2) is 34.7 Å². The van der Waals surface area contributed by atoms with Gasteiger partial charge in [-0.15, -0.1) is 0 Å². The second-order valence-corrected chi connectivity index (χ2v) is 3.32. The van der Waals surface area contributed by atoms with Crippen LogP contribution in [-0.2, 0) is 0 Å². The van der Waals surface area contributed by atoms with Gasteiger partial charge in [0.25, 0.3) is 0 Å². The topological polar surface area (TPSA) is 35.8 Å². The first-order valence-corrected chi connectivity index (χ1v) is 5.02. The van der Waals surface area contributed by atoms with E-state index in [4.69, 9.17) is 0 Å². The molecular formula is C10H22N2O. The van der Waals surface area contributed by atoms with Crippen LogP contribution in [0.15, 0.2) is 4.99 Å². The lowest BCUT2D eigenvalue weighted by Gasteiger charge is -2.32. The van der Waals surface area contributed by atoms with Gasteiger partial charge < -0.3 is 10.0 Å². The van der Waals surface area contributed by atoms with Crippen LogP contribution >= 0.6 is 0 Å². The summed E-state index contributed by atoms with van der Waals surface area (Å²) in [5.74, 6) is 0.923. The molecule has 0 spiro atoms. The van der Waals surface area contributed by atoms with E-state index < -0.39 is 6.23 Å². The summed E-state index contributed by atoms with van der Waals surface area (Å²) in [7, 11) is 0. The Morgan fingerprint density at radius 2 is 1.92 bits per heavy atom. The first-order chi connectivity index (χ1) is 6.04. The van der Waals surface area contributed by atoms with Gasteiger partial charge in [-0.3, -0.25) is 4.99 Å². The van der Waals surface area contributed by atoms with Crippen molar-refractivity contribution in [1.29, 1.82) is 0 Å². The van der Waals surface area contributed by atoms with E-state index in [2.05, 4.69) is 18.8 Å². The number of aliphatic hydroxyl groups excluding tert-OH is 1. The Hall–Kier alpha value is -0.570. The Morgan fingerprint density at radius 3 is 2.23 bits per heavy atom. The zero-order valence-electron chi connectivity index (χ0n) is 9.41. The molecule has 3 heteroatoms. The summed E-state index contributed by atoms with van der Waals surface area (Å²) >= 11 is 0. The summed E-state index contributed by atoms with van der Waals surface area (Å²) in [4.78, 5) is 6.25. The third kappa shape index (κ3) is 3.77. The minimum absolute atomic E-state index is 0.343. The molecule has 13 heavy (non-hydrogen) atoms. The highest BCUT2D eigenvalue weighted by Crippen LogP contribution is 2.08. The Labute approximate surface area is 81.5 Å². The average molecular weight is 186 g/mol. The van der Waals surface area contributed by atoms with E-state index in [9.17, 15) is 5.11 Å². The monoisotopic (exact) mass is 186 g/mol. The van der Waals surface area contributed by atoms with Gasteiger partial charge in [0, 0.05) is 12.6 Å². The molecule has 0 rings (SSSR count). The van der Waals surface area contributed by atoms with E-state index in [0.29, 0.717) is 6.04 Å². The molecule has 0 aliphatic rings. The Bertz CT molecular complexity index is 166. The van der Waals surface area contributed by atoms with Crippen molar-refractivity contribution in [1.82, 2.24) is 4.90 Å². The predicted molar refractivity (Wildman–Crippen MR) is 56.9 cm³/mol. The van der Waals surface area contributed by atoms with Crippen molar-refractivity contribution in [2.24, 2.45) is 4.99 Å². The maximum absolute atomic E-state index is 9.56. The SMILES string of the molecule is CCN=C(C)N(C(C)O)C(C)CC. The summed E-state index contributed by atoms with van der Waals surface area (Å²) < 4.78 is 0. The highest BCUT2D eigenvalue weighted by atomic mass is 16.3. The summed E-state index contributed by atoms with van der Waals surface area (Å²) in [6.45, 7) is 10.7. The van der Waals surface area contributed by atoms with Gasteiger partial charge in [-0.1, -0.05) is 6.92 Å². The fourth-order valence-electron chi connectivity index (χ4n) is 1.46. The van der Waals surface area contributed by atoms with Crippen molar-refractivity contribution in [3.8, 4) is 0 Å². The molecule has 3 nitrogen and oxygen atoms in total. The van der Waals surface area contributed by atoms with E-state index >= 15 is 0 Å². The molecule has 78 valence electrons. The third-order valence-electron chi connectivity index (χ3n) is 2.23. The van der Waals surface area contributed by atoms with Gasteiger partial charge in [0.2, 0.25) is 0 Å². The lowest BCUT2D eigenvalue weighted by molar-refractivity contribution is 0.0459. The fourth-order valence-corrected chi connectivity index (χ4v) is 1.46. The molecule has 0 saturated carbocycles. The van der Waals surface area contributed by atoms with Crippen LogP contribution in [0, 0.1) is 0 Å². The molecule has 0 heterocycles. The predicted octanol–water partition coefficient (Wildman–Crippen LogP) is 1.86. The van der Waals surface area contributed by atoms with Crippen molar-refractivity contribution in [3.05, 3.63) is 0 Å². The van der Waals surface area contributed by atoms with Crippen LogP contribution in [0.4, 0.5) is 0 Å². The molecule has 1 N–H and O–H groups in total. The van der Waals surface area contributed by atoms with Gasteiger partial charge in [0.05, 0.1) is 5.84 Å². The average Bonchev–Trinajstić information content (AvgIpc) is 2.04. The lowest BCUT2D eigenvalue weighted by atomic mass is 10.2. The van der Waals surface area contributed by atoms with E-state index in [0.717, 1.165) is 18.8 Å². The number of hydrogen-bond donors (Lipinski definition) is 1. The molecule has 0 fully saturated rings. The summed E-state index contributed by atoms with van der Waals surface area (Å²) in [5.41, 5.74) is 0. The molecule has 0 aromatic rings. The van der Waals surface area contributed by atoms with E-state index in [1.165, 1.54) is 0 Å². The second kappa shape index (κ2) is 5.97. The van der Waals surface area contributed by atoms with Crippen molar-refractivity contribution >= 4 is 5.84 Å². The van der Waals surface area contributed by atoms with Gasteiger partial charge in [0.1, 0.15) is 6.23 Å². The minimum Gasteiger partial charge on any atom is -0.374 e. The van der Waals surface area contributed by atoms with Crippen LogP contribution in [0.25, 0.3) is 0 Å². The zero-order chi connectivity index (χ0) is 10.4. The molecule has 0 aromatic carbocycles. The van der Waals surface area contributed by atoms with Crippen molar-refractivity contribution in [2.45, 2.75) is 53.3 Å². The van der Waals surface area contributed by atoms with Crippen LogP contribution in [0.3, 0.4) is 0 Å². The maximum Gasteiger partial charge on any atom is 0.125 e. The molecule has 0 saturated heterocycles. The molecule has 0 aliphatic heterocycles. The van der Waals surface area contributed by atoms with Crippen LogP contribution in [0.1, 0.15) is 41.0 Å². The van der Waals surface area contributed by atoms with E-state index in [1.54, 1.807) is 6.92 Å². The fraction of sp³-hybridized carbons (Fsp3) is 0.900. The van der Waals surface area contributed by atoms with Gasteiger partial charge in [-0.05, 0) is 34.1 Å². The van der Waals surface area contributed by atoms with Gasteiger partial charge in [0.15, 0.2) is 0 Å². The zero-order valence-corrected chi connectivity index (χ0v) is 9.41. The third-order valence-corrected chi connectivity index (χ3v) is 2.23. The summed E-state index contributed by atoms with van der Waals surface area (Å²) in [6.07, 6.45) is 0.562. The molecule has 2 unspecified atom stereocenters. The van der Waals surface area contributed by atoms with Crippen molar-refractivity contribution in [2.75, 3.05) is 6.54 Å². The number of aliphatic hydroxyl groups is 1. The molecule has 0 bridgehead atoms. The quantitative estimate of drug-likeness (QED) is 0.413.